The number of aromatic nitrogens is 2. The number of carbonyl (C=O) groups excluding carboxylic acids is 1. The highest BCUT2D eigenvalue weighted by atomic mass is 19.1. The summed E-state index contributed by atoms with van der Waals surface area (Å²) in [6.45, 7) is 2.35. The van der Waals surface area contributed by atoms with E-state index in [0.717, 1.165) is 12.1 Å². The maximum Gasteiger partial charge on any atom is 0.274 e. The fraction of sp³-hybridized carbons (Fsp3) is 0.267. The number of halogens is 2. The van der Waals surface area contributed by atoms with Gasteiger partial charge in [-0.25, -0.2) is 18.7 Å². The molecule has 1 aromatic carbocycles. The van der Waals surface area contributed by atoms with Gasteiger partial charge in [0.1, 0.15) is 23.0 Å². The Morgan fingerprint density at radius 1 is 1.17 bits per heavy atom. The van der Waals surface area contributed by atoms with E-state index in [0.29, 0.717) is 32.3 Å². The number of ether oxygens (including phenoxy) is 1. The van der Waals surface area contributed by atoms with Crippen LogP contribution in [0, 0.1) is 11.6 Å². The van der Waals surface area contributed by atoms with Crippen LogP contribution in [0.25, 0.3) is 0 Å². The molecular formula is C15H14F2N4O2. The Labute approximate surface area is 131 Å². The molecule has 0 spiro atoms. The average molecular weight is 320 g/mol. The first-order chi connectivity index (χ1) is 11.1. The number of para-hydroxylation sites is 1. The zero-order valence-electron chi connectivity index (χ0n) is 12.1. The average Bonchev–Trinajstić information content (AvgIpc) is 2.59. The maximum absolute atomic E-state index is 13.6. The lowest BCUT2D eigenvalue weighted by molar-refractivity contribution is 0.102. The van der Waals surface area contributed by atoms with Crippen LogP contribution in [-0.2, 0) is 4.74 Å². The summed E-state index contributed by atoms with van der Waals surface area (Å²) in [6, 6.07) is 4.75. The Balaban J connectivity index is 1.80. The van der Waals surface area contributed by atoms with E-state index < -0.39 is 23.2 Å². The molecule has 1 fully saturated rings. The Kier molecular flexibility index (Phi) is 4.42. The quantitative estimate of drug-likeness (QED) is 0.935. The molecule has 23 heavy (non-hydrogen) atoms. The number of rotatable bonds is 3. The predicted molar refractivity (Wildman–Crippen MR) is 79.4 cm³/mol. The van der Waals surface area contributed by atoms with Crippen LogP contribution >= 0.6 is 0 Å². The molecule has 3 rings (SSSR count). The fourth-order valence-electron chi connectivity index (χ4n) is 2.19. The summed E-state index contributed by atoms with van der Waals surface area (Å²) in [7, 11) is 0. The molecule has 1 saturated heterocycles. The molecule has 0 bridgehead atoms. The van der Waals surface area contributed by atoms with Crippen LogP contribution in [0.1, 0.15) is 10.5 Å². The lowest BCUT2D eigenvalue weighted by atomic mass is 10.2. The molecule has 1 aromatic heterocycles. The molecule has 0 atom stereocenters. The highest BCUT2D eigenvalue weighted by Crippen LogP contribution is 2.19. The zero-order valence-corrected chi connectivity index (χ0v) is 12.1. The second kappa shape index (κ2) is 6.66. The number of hydrogen-bond acceptors (Lipinski definition) is 5. The molecular weight excluding hydrogens is 306 g/mol. The van der Waals surface area contributed by atoms with Crippen molar-refractivity contribution >= 4 is 17.5 Å². The maximum atomic E-state index is 13.6. The predicted octanol–water partition coefficient (Wildman–Crippen LogP) is 1.84. The second-order valence-electron chi connectivity index (χ2n) is 4.89. The van der Waals surface area contributed by atoms with E-state index in [1.54, 1.807) is 0 Å². The van der Waals surface area contributed by atoms with E-state index in [-0.39, 0.29) is 5.69 Å². The number of morpholine rings is 1. The smallest absolute Gasteiger partial charge is 0.274 e. The third kappa shape index (κ3) is 3.42. The summed E-state index contributed by atoms with van der Waals surface area (Å²) in [5.74, 6) is -2.01. The van der Waals surface area contributed by atoms with Gasteiger partial charge in [-0.3, -0.25) is 4.79 Å². The van der Waals surface area contributed by atoms with Gasteiger partial charge in [-0.05, 0) is 18.2 Å². The van der Waals surface area contributed by atoms with E-state index >= 15 is 0 Å². The number of hydrogen-bond donors (Lipinski definition) is 1. The van der Waals surface area contributed by atoms with Crippen LogP contribution in [0.3, 0.4) is 0 Å². The van der Waals surface area contributed by atoms with E-state index in [9.17, 15) is 13.6 Å². The summed E-state index contributed by atoms with van der Waals surface area (Å²) in [4.78, 5) is 22.3. The Morgan fingerprint density at radius 2 is 1.87 bits per heavy atom. The molecule has 2 heterocycles. The minimum Gasteiger partial charge on any atom is -0.378 e. The number of benzene rings is 1. The first kappa shape index (κ1) is 15.3. The van der Waals surface area contributed by atoms with Gasteiger partial charge in [0.2, 0.25) is 5.95 Å². The van der Waals surface area contributed by atoms with Gasteiger partial charge in [0.15, 0.2) is 0 Å². The molecule has 120 valence electrons. The largest absolute Gasteiger partial charge is 0.378 e. The summed E-state index contributed by atoms with van der Waals surface area (Å²) >= 11 is 0. The SMILES string of the molecule is O=C(Nc1c(F)cccc1F)c1ccnc(N2CCOCC2)n1. The third-order valence-corrected chi connectivity index (χ3v) is 3.37. The Morgan fingerprint density at radius 3 is 2.57 bits per heavy atom. The van der Waals surface area contributed by atoms with Crippen LogP contribution in [0.15, 0.2) is 30.5 Å². The van der Waals surface area contributed by atoms with Crippen molar-refractivity contribution in [1.29, 1.82) is 0 Å². The van der Waals surface area contributed by atoms with Crippen LogP contribution in [0.5, 0.6) is 0 Å². The van der Waals surface area contributed by atoms with Crippen molar-refractivity contribution in [3.05, 3.63) is 47.8 Å². The van der Waals surface area contributed by atoms with Gasteiger partial charge in [0.05, 0.1) is 13.2 Å². The lowest BCUT2D eigenvalue weighted by Crippen LogP contribution is -2.37. The first-order valence-corrected chi connectivity index (χ1v) is 7.06. The van der Waals surface area contributed by atoms with Crippen molar-refractivity contribution in [3.8, 4) is 0 Å². The monoisotopic (exact) mass is 320 g/mol. The van der Waals surface area contributed by atoms with Gasteiger partial charge in [-0.1, -0.05) is 6.07 Å². The van der Waals surface area contributed by atoms with E-state index in [1.807, 2.05) is 4.90 Å². The van der Waals surface area contributed by atoms with Gasteiger partial charge in [-0.15, -0.1) is 0 Å². The highest BCUT2D eigenvalue weighted by molar-refractivity contribution is 6.03. The highest BCUT2D eigenvalue weighted by Gasteiger charge is 2.18. The van der Waals surface area contributed by atoms with Crippen molar-refractivity contribution in [1.82, 2.24) is 9.97 Å². The molecule has 1 aliphatic rings. The second-order valence-corrected chi connectivity index (χ2v) is 4.89. The van der Waals surface area contributed by atoms with Crippen LogP contribution < -0.4 is 10.2 Å². The molecule has 0 saturated carbocycles. The molecule has 2 aromatic rings. The standard InChI is InChI=1S/C15H14F2N4O2/c16-10-2-1-3-11(17)13(10)20-14(22)12-4-5-18-15(19-12)21-6-8-23-9-7-21/h1-5H,6-9H2,(H,20,22). The number of carbonyl (C=O) groups is 1. The number of anilines is 2. The molecule has 8 heteroatoms. The van der Waals surface area contributed by atoms with E-state index in [2.05, 4.69) is 15.3 Å². The van der Waals surface area contributed by atoms with Gasteiger partial charge < -0.3 is 15.0 Å². The van der Waals surface area contributed by atoms with Crippen LogP contribution in [-0.4, -0.2) is 42.2 Å². The zero-order chi connectivity index (χ0) is 16.2. The van der Waals surface area contributed by atoms with Crippen molar-refractivity contribution < 1.29 is 18.3 Å². The van der Waals surface area contributed by atoms with Gasteiger partial charge in [0, 0.05) is 19.3 Å². The molecule has 1 aliphatic heterocycles. The minimum atomic E-state index is -0.846. The van der Waals surface area contributed by atoms with Gasteiger partial charge in [0.25, 0.3) is 5.91 Å². The Bertz CT molecular complexity index is 700. The van der Waals surface area contributed by atoms with Crippen molar-refractivity contribution in [2.24, 2.45) is 0 Å². The van der Waals surface area contributed by atoms with Crippen molar-refractivity contribution in [2.45, 2.75) is 0 Å². The summed E-state index contributed by atoms with van der Waals surface area (Å²) in [5, 5.41) is 2.20. The van der Waals surface area contributed by atoms with E-state index in [4.69, 9.17) is 4.74 Å². The normalized spacial score (nSPS) is 14.6. The van der Waals surface area contributed by atoms with Gasteiger partial charge in [-0.2, -0.15) is 0 Å². The molecule has 1 amide bonds. The Hall–Kier alpha value is -2.61. The van der Waals surface area contributed by atoms with Gasteiger partial charge >= 0.3 is 0 Å². The minimum absolute atomic E-state index is 0.0316. The fourth-order valence-corrected chi connectivity index (χ4v) is 2.19. The van der Waals surface area contributed by atoms with Crippen LogP contribution in [0.2, 0.25) is 0 Å². The van der Waals surface area contributed by atoms with Crippen LogP contribution in [0.4, 0.5) is 20.4 Å². The summed E-state index contributed by atoms with van der Waals surface area (Å²) < 4.78 is 32.4. The third-order valence-electron chi connectivity index (χ3n) is 3.37. The van der Waals surface area contributed by atoms with E-state index in [1.165, 1.54) is 18.3 Å². The lowest BCUT2D eigenvalue weighted by Gasteiger charge is -2.26. The molecule has 1 N–H and O–H groups in total. The summed E-state index contributed by atoms with van der Waals surface area (Å²) in [5.41, 5.74) is -0.465. The number of amides is 1. The molecule has 0 aliphatic carbocycles. The summed E-state index contributed by atoms with van der Waals surface area (Å²) in [6.07, 6.45) is 1.43. The molecule has 0 unspecified atom stereocenters. The van der Waals surface area contributed by atoms with Crippen molar-refractivity contribution in [3.63, 3.8) is 0 Å². The molecule has 0 radical (unpaired) electrons. The number of nitrogens with one attached hydrogen (secondary N) is 1. The first-order valence-electron chi connectivity index (χ1n) is 7.06. The number of nitrogens with zero attached hydrogens (tertiary/aromatic N) is 3. The molecule has 6 nitrogen and oxygen atoms in total. The van der Waals surface area contributed by atoms with Crippen molar-refractivity contribution in [2.75, 3.05) is 36.5 Å². The topological polar surface area (TPSA) is 67.4 Å².